The smallest absolute Gasteiger partial charge is 0.249 e. The highest BCUT2D eigenvalue weighted by Crippen LogP contribution is 2.35. The highest BCUT2D eigenvalue weighted by Gasteiger charge is 2.39. The van der Waals surface area contributed by atoms with Gasteiger partial charge in [0, 0.05) is 25.2 Å². The van der Waals surface area contributed by atoms with Crippen LogP contribution in [0.15, 0.2) is 48.5 Å². The molecule has 2 bridgehead atoms. The van der Waals surface area contributed by atoms with Crippen LogP contribution >= 0.6 is 0 Å². The van der Waals surface area contributed by atoms with Crippen molar-refractivity contribution in [3.8, 4) is 5.75 Å². The molecule has 0 saturated carbocycles. The van der Waals surface area contributed by atoms with Crippen LogP contribution < -0.4 is 4.74 Å². The number of piperidine rings is 1. The van der Waals surface area contributed by atoms with E-state index < -0.39 is 0 Å². The van der Waals surface area contributed by atoms with Gasteiger partial charge >= 0.3 is 0 Å². The predicted molar refractivity (Wildman–Crippen MR) is 117 cm³/mol. The number of halogens is 1. The molecule has 0 N–H and O–H groups in total. The van der Waals surface area contributed by atoms with Crippen LogP contribution in [0.5, 0.6) is 5.75 Å². The minimum Gasteiger partial charge on any atom is -0.497 e. The summed E-state index contributed by atoms with van der Waals surface area (Å²) in [4.78, 5) is 17.4. The summed E-state index contributed by atoms with van der Waals surface area (Å²) in [5, 5.41) is 0. The maximum Gasteiger partial charge on any atom is 0.249 e. The Kier molecular flexibility index (Phi) is 6.88. The molecule has 2 fully saturated rings. The summed E-state index contributed by atoms with van der Waals surface area (Å²) in [5.74, 6) is 0.448. The summed E-state index contributed by atoms with van der Waals surface area (Å²) in [6.07, 6.45) is 4.59. The average Bonchev–Trinajstić information content (AvgIpc) is 2.99. The number of nitrogens with zero attached hydrogens (tertiary/aromatic N) is 2. The third-order valence-corrected chi connectivity index (χ3v) is 6.67. The molecule has 2 aliphatic heterocycles. The first kappa shape index (κ1) is 21.8. The normalized spacial score (nSPS) is 23.0. The van der Waals surface area contributed by atoms with Crippen molar-refractivity contribution in [2.24, 2.45) is 0 Å². The summed E-state index contributed by atoms with van der Waals surface area (Å²) < 4.78 is 24.6. The zero-order valence-electron chi connectivity index (χ0n) is 18.3. The molecule has 5 nitrogen and oxygen atoms in total. The second-order valence-corrected chi connectivity index (χ2v) is 8.68. The van der Waals surface area contributed by atoms with Crippen LogP contribution in [-0.4, -0.2) is 54.7 Å². The molecule has 0 aliphatic carbocycles. The van der Waals surface area contributed by atoms with E-state index in [2.05, 4.69) is 11.9 Å². The summed E-state index contributed by atoms with van der Waals surface area (Å²) in [6.45, 7) is 0.945. The predicted octanol–water partition coefficient (Wildman–Crippen LogP) is 4.00. The van der Waals surface area contributed by atoms with Gasteiger partial charge in [-0.15, -0.1) is 0 Å². The van der Waals surface area contributed by atoms with Crippen molar-refractivity contribution in [3.63, 3.8) is 0 Å². The molecule has 2 heterocycles. The molecule has 1 unspecified atom stereocenters. The van der Waals surface area contributed by atoms with E-state index in [1.54, 1.807) is 24.1 Å². The van der Waals surface area contributed by atoms with Gasteiger partial charge in [0.25, 0.3) is 0 Å². The number of methoxy groups -OCH3 is 1. The fraction of sp³-hybridized carbons (Fsp3) is 0.480. The number of hydrogen-bond acceptors (Lipinski definition) is 4. The third-order valence-electron chi connectivity index (χ3n) is 6.67. The van der Waals surface area contributed by atoms with Crippen molar-refractivity contribution in [3.05, 3.63) is 65.5 Å². The van der Waals surface area contributed by atoms with E-state index in [4.69, 9.17) is 9.47 Å². The molecule has 0 aromatic heterocycles. The maximum absolute atomic E-state index is 13.3. The Balaban J connectivity index is 1.40. The largest absolute Gasteiger partial charge is 0.497 e. The number of ether oxygens (including phenoxy) is 2. The highest BCUT2D eigenvalue weighted by molar-refractivity contribution is 5.77. The molecule has 166 valence electrons. The van der Waals surface area contributed by atoms with Gasteiger partial charge in [-0.1, -0.05) is 24.3 Å². The fourth-order valence-corrected chi connectivity index (χ4v) is 4.77. The summed E-state index contributed by atoms with van der Waals surface area (Å²) in [6, 6.07) is 15.1. The SMILES string of the molecule is COc1ccc(CN(Cc2ccc(F)cc2)C(=O)COC2C[C@H]3CC[C@@H](C2)N3C)cc1. The van der Waals surface area contributed by atoms with E-state index in [1.165, 1.54) is 25.0 Å². The average molecular weight is 427 g/mol. The van der Waals surface area contributed by atoms with Gasteiger partial charge in [-0.3, -0.25) is 4.79 Å². The summed E-state index contributed by atoms with van der Waals surface area (Å²) in [7, 11) is 3.83. The lowest BCUT2D eigenvalue weighted by Crippen LogP contribution is -2.44. The van der Waals surface area contributed by atoms with Crippen LogP contribution in [0.2, 0.25) is 0 Å². The van der Waals surface area contributed by atoms with Crippen LogP contribution in [-0.2, 0) is 22.6 Å². The summed E-state index contributed by atoms with van der Waals surface area (Å²) in [5.41, 5.74) is 1.90. The number of carbonyl (C=O) groups excluding carboxylic acids is 1. The molecular formula is C25H31FN2O3. The zero-order chi connectivity index (χ0) is 21.8. The Hall–Kier alpha value is -2.44. The van der Waals surface area contributed by atoms with Crippen molar-refractivity contribution < 1.29 is 18.7 Å². The zero-order valence-corrected chi connectivity index (χ0v) is 18.3. The third kappa shape index (κ3) is 5.43. The van der Waals surface area contributed by atoms with Gasteiger partial charge in [-0.05, 0) is 68.1 Å². The minimum atomic E-state index is -0.281. The van der Waals surface area contributed by atoms with Gasteiger partial charge < -0.3 is 19.3 Å². The first-order valence-electron chi connectivity index (χ1n) is 11.0. The topological polar surface area (TPSA) is 42.0 Å². The van der Waals surface area contributed by atoms with Crippen molar-refractivity contribution in [2.45, 2.75) is 57.0 Å². The Morgan fingerprint density at radius 3 is 2.10 bits per heavy atom. The van der Waals surface area contributed by atoms with Crippen LogP contribution in [0, 0.1) is 5.82 Å². The maximum atomic E-state index is 13.3. The molecule has 2 aromatic carbocycles. The van der Waals surface area contributed by atoms with Gasteiger partial charge in [0.1, 0.15) is 18.2 Å². The van der Waals surface area contributed by atoms with E-state index in [9.17, 15) is 9.18 Å². The molecule has 0 spiro atoms. The standard InChI is InChI=1S/C25H31FN2O3/c1-27-21-9-10-22(27)14-24(13-21)31-17-25(29)28(15-18-3-7-20(26)8-4-18)16-19-5-11-23(30-2)12-6-19/h3-8,11-12,21-22,24H,9-10,13-17H2,1-2H3/t21-,22+,24?. The van der Waals surface area contributed by atoms with Crippen LogP contribution in [0.4, 0.5) is 4.39 Å². The lowest BCUT2D eigenvalue weighted by Gasteiger charge is -2.36. The fourth-order valence-electron chi connectivity index (χ4n) is 4.77. The molecule has 0 radical (unpaired) electrons. The van der Waals surface area contributed by atoms with Crippen LogP contribution in [0.25, 0.3) is 0 Å². The Labute approximate surface area is 183 Å². The van der Waals surface area contributed by atoms with E-state index in [-0.39, 0.29) is 24.4 Å². The molecule has 2 saturated heterocycles. The van der Waals surface area contributed by atoms with Crippen molar-refractivity contribution >= 4 is 5.91 Å². The summed E-state index contributed by atoms with van der Waals surface area (Å²) >= 11 is 0. The second kappa shape index (κ2) is 9.79. The van der Waals surface area contributed by atoms with E-state index in [1.807, 2.05) is 24.3 Å². The lowest BCUT2D eigenvalue weighted by atomic mass is 10.0. The first-order chi connectivity index (χ1) is 15.0. The Bertz CT molecular complexity index is 857. The van der Waals surface area contributed by atoms with Gasteiger partial charge in [0.15, 0.2) is 0 Å². The molecule has 4 rings (SSSR count). The number of carbonyl (C=O) groups is 1. The van der Waals surface area contributed by atoms with Gasteiger partial charge in [-0.25, -0.2) is 4.39 Å². The molecule has 3 atom stereocenters. The monoisotopic (exact) mass is 426 g/mol. The van der Waals surface area contributed by atoms with Crippen molar-refractivity contribution in [1.29, 1.82) is 0 Å². The molecule has 2 aliphatic rings. The number of fused-ring (bicyclic) bond motifs is 2. The molecule has 31 heavy (non-hydrogen) atoms. The number of rotatable bonds is 8. The minimum absolute atomic E-state index is 0.0496. The van der Waals surface area contributed by atoms with Gasteiger partial charge in [0.2, 0.25) is 5.91 Å². The number of benzene rings is 2. The van der Waals surface area contributed by atoms with Crippen LogP contribution in [0.3, 0.4) is 0 Å². The van der Waals surface area contributed by atoms with Crippen molar-refractivity contribution in [1.82, 2.24) is 9.80 Å². The van der Waals surface area contributed by atoms with Crippen LogP contribution in [0.1, 0.15) is 36.8 Å². The Morgan fingerprint density at radius 1 is 1.00 bits per heavy atom. The highest BCUT2D eigenvalue weighted by atomic mass is 19.1. The lowest BCUT2D eigenvalue weighted by molar-refractivity contribution is -0.141. The number of amides is 1. The molecule has 2 aromatic rings. The second-order valence-electron chi connectivity index (χ2n) is 8.68. The quantitative estimate of drug-likeness (QED) is 0.640. The van der Waals surface area contributed by atoms with Gasteiger partial charge in [0.05, 0.1) is 13.2 Å². The molecular weight excluding hydrogens is 395 g/mol. The molecule has 1 amide bonds. The van der Waals surface area contributed by atoms with E-state index in [0.717, 1.165) is 29.7 Å². The van der Waals surface area contributed by atoms with E-state index >= 15 is 0 Å². The van der Waals surface area contributed by atoms with Gasteiger partial charge in [-0.2, -0.15) is 0 Å². The number of hydrogen-bond donors (Lipinski definition) is 0. The van der Waals surface area contributed by atoms with Crippen molar-refractivity contribution in [2.75, 3.05) is 20.8 Å². The Morgan fingerprint density at radius 2 is 1.55 bits per heavy atom. The molecule has 6 heteroatoms. The van der Waals surface area contributed by atoms with E-state index in [0.29, 0.717) is 25.2 Å². The first-order valence-corrected chi connectivity index (χ1v) is 11.0.